The van der Waals surface area contributed by atoms with Crippen molar-refractivity contribution in [3.05, 3.63) is 15.8 Å². The van der Waals surface area contributed by atoms with E-state index in [2.05, 4.69) is 6.92 Å². The zero-order chi connectivity index (χ0) is 20.4. The van der Waals surface area contributed by atoms with Crippen molar-refractivity contribution in [1.82, 2.24) is 0 Å². The molecule has 1 amide bonds. The predicted octanol–water partition coefficient (Wildman–Crippen LogP) is 5.51. The molecule has 1 saturated carbocycles. The molecule has 0 bridgehead atoms. The number of hydrogen-bond donors (Lipinski definition) is 1. The number of carboxylic acids is 1. The van der Waals surface area contributed by atoms with Crippen molar-refractivity contribution in [1.29, 1.82) is 0 Å². The van der Waals surface area contributed by atoms with Crippen LogP contribution in [0, 0.1) is 11.8 Å². The van der Waals surface area contributed by atoms with Crippen molar-refractivity contribution < 1.29 is 27.9 Å². The molecule has 1 N–H and O–H groups in total. The highest BCUT2D eigenvalue weighted by Crippen LogP contribution is 2.37. The van der Waals surface area contributed by atoms with Gasteiger partial charge in [-0.1, -0.05) is 6.92 Å². The lowest BCUT2D eigenvalue weighted by molar-refractivity contribution is -0.133. The monoisotopic (exact) mass is 405 g/mol. The Hall–Kier alpha value is -1.57. The van der Waals surface area contributed by atoms with Crippen LogP contribution in [0.3, 0.4) is 0 Å². The van der Waals surface area contributed by atoms with Gasteiger partial charge in [-0.25, -0.2) is 4.79 Å². The average Bonchev–Trinajstić information content (AvgIpc) is 2.97. The topological polar surface area (TPSA) is 57.6 Å². The summed E-state index contributed by atoms with van der Waals surface area (Å²) < 4.78 is 37.6. The van der Waals surface area contributed by atoms with Crippen LogP contribution in [0.4, 0.5) is 18.9 Å². The number of carbonyl (C=O) groups excluding carboxylic acids is 1. The van der Waals surface area contributed by atoms with Gasteiger partial charge in [-0.05, 0) is 57.9 Å². The molecular weight excluding hydrogens is 379 g/mol. The van der Waals surface area contributed by atoms with E-state index in [-0.39, 0.29) is 34.9 Å². The van der Waals surface area contributed by atoms with E-state index in [1.807, 2.05) is 0 Å². The molecule has 4 nitrogen and oxygen atoms in total. The summed E-state index contributed by atoms with van der Waals surface area (Å²) in [6.45, 7) is 5.74. The van der Waals surface area contributed by atoms with Crippen LogP contribution in [0.25, 0.3) is 0 Å². The van der Waals surface area contributed by atoms with E-state index < -0.39 is 18.6 Å². The molecule has 1 aliphatic rings. The van der Waals surface area contributed by atoms with Gasteiger partial charge in [0.25, 0.3) is 0 Å². The predicted molar refractivity (Wildman–Crippen MR) is 99.4 cm³/mol. The van der Waals surface area contributed by atoms with Gasteiger partial charge in [0.05, 0.1) is 5.69 Å². The highest BCUT2D eigenvalue weighted by atomic mass is 32.1. The molecule has 0 aromatic carbocycles. The largest absolute Gasteiger partial charge is 0.477 e. The van der Waals surface area contributed by atoms with Crippen LogP contribution in [-0.4, -0.2) is 29.2 Å². The molecule has 2 rings (SSSR count). The third-order valence-electron chi connectivity index (χ3n) is 4.99. The maximum atomic E-state index is 13.1. The lowest BCUT2D eigenvalue weighted by Crippen LogP contribution is -2.42. The number of aromatic carboxylic acids is 1. The number of carbonyl (C=O) groups is 2. The summed E-state index contributed by atoms with van der Waals surface area (Å²) in [7, 11) is 0. The van der Waals surface area contributed by atoms with E-state index in [0.29, 0.717) is 10.8 Å². The number of anilines is 1. The van der Waals surface area contributed by atoms with Crippen LogP contribution < -0.4 is 4.90 Å². The number of alkyl halides is 3. The minimum atomic E-state index is -4.31. The molecule has 1 heterocycles. The van der Waals surface area contributed by atoms with E-state index in [1.54, 1.807) is 13.8 Å². The number of hydrogen-bond acceptors (Lipinski definition) is 3. The normalized spacial score (nSPS) is 20.7. The van der Waals surface area contributed by atoms with E-state index in [9.17, 15) is 27.9 Å². The highest BCUT2D eigenvalue weighted by molar-refractivity contribution is 7.14. The molecule has 0 saturated heterocycles. The Morgan fingerprint density at radius 2 is 1.85 bits per heavy atom. The highest BCUT2D eigenvalue weighted by Gasteiger charge is 2.34. The first-order valence-corrected chi connectivity index (χ1v) is 10.1. The van der Waals surface area contributed by atoms with Gasteiger partial charge in [0.15, 0.2) is 0 Å². The molecule has 152 valence electrons. The molecule has 0 atom stereocenters. The van der Waals surface area contributed by atoms with E-state index in [1.165, 1.54) is 11.0 Å². The maximum absolute atomic E-state index is 13.1. The van der Waals surface area contributed by atoms with Crippen LogP contribution in [0.2, 0.25) is 0 Å². The minimum Gasteiger partial charge on any atom is -0.477 e. The van der Waals surface area contributed by atoms with Crippen LogP contribution >= 0.6 is 11.3 Å². The zero-order valence-corrected chi connectivity index (χ0v) is 16.6. The maximum Gasteiger partial charge on any atom is 0.389 e. The van der Waals surface area contributed by atoms with Gasteiger partial charge in [0.2, 0.25) is 5.91 Å². The molecule has 27 heavy (non-hydrogen) atoms. The van der Waals surface area contributed by atoms with E-state index >= 15 is 0 Å². The lowest BCUT2D eigenvalue weighted by Gasteiger charge is -2.33. The van der Waals surface area contributed by atoms with Gasteiger partial charge in [-0.3, -0.25) is 4.79 Å². The quantitative estimate of drug-likeness (QED) is 0.679. The van der Waals surface area contributed by atoms with Crippen LogP contribution in [0.1, 0.15) is 67.4 Å². The number of halogens is 3. The minimum absolute atomic E-state index is 0.0709. The molecule has 1 aromatic heterocycles. The Bertz CT molecular complexity index is 676. The Labute approximate surface area is 161 Å². The zero-order valence-electron chi connectivity index (χ0n) is 15.8. The summed E-state index contributed by atoms with van der Waals surface area (Å²) >= 11 is 0.825. The summed E-state index contributed by atoms with van der Waals surface area (Å²) in [6, 6.07) is 1.17. The Balaban J connectivity index is 2.30. The third-order valence-corrected chi connectivity index (χ3v) is 6.16. The first-order valence-electron chi connectivity index (χ1n) is 9.25. The number of carboxylic acid groups (broad SMARTS) is 1. The van der Waals surface area contributed by atoms with Crippen molar-refractivity contribution in [3.63, 3.8) is 0 Å². The summed E-state index contributed by atoms with van der Waals surface area (Å²) in [4.78, 5) is 26.5. The fourth-order valence-electron chi connectivity index (χ4n) is 3.51. The molecule has 0 aliphatic heterocycles. The second-order valence-corrected chi connectivity index (χ2v) is 8.74. The molecule has 1 aliphatic carbocycles. The van der Waals surface area contributed by atoms with Crippen molar-refractivity contribution >= 4 is 28.9 Å². The molecule has 0 unspecified atom stereocenters. The average molecular weight is 405 g/mol. The van der Waals surface area contributed by atoms with Gasteiger partial charge in [0, 0.05) is 23.3 Å². The van der Waals surface area contributed by atoms with Crippen molar-refractivity contribution in [2.24, 2.45) is 11.8 Å². The Morgan fingerprint density at radius 1 is 1.26 bits per heavy atom. The lowest BCUT2D eigenvalue weighted by atomic mass is 9.82. The van der Waals surface area contributed by atoms with Crippen molar-refractivity contribution in [3.8, 4) is 0 Å². The standard InChI is InChI=1S/C19H26F3NO3S/c1-11(2)23(17(24)13-6-4-12(3)5-7-13)15-10-14(8-9-19(20,21)22)27-16(15)18(25)26/h10-13H,4-9H2,1-3H3,(H,25,26). The fourth-order valence-corrected chi connectivity index (χ4v) is 4.49. The smallest absolute Gasteiger partial charge is 0.389 e. The molecule has 1 aromatic rings. The first-order chi connectivity index (χ1) is 12.5. The second kappa shape index (κ2) is 8.63. The summed E-state index contributed by atoms with van der Waals surface area (Å²) in [6.07, 6.45) is -2.17. The van der Waals surface area contributed by atoms with Gasteiger partial charge in [0.1, 0.15) is 4.88 Å². The van der Waals surface area contributed by atoms with Crippen molar-refractivity contribution in [2.75, 3.05) is 4.90 Å². The first kappa shape index (κ1) is 21.7. The van der Waals surface area contributed by atoms with Gasteiger partial charge in [-0.2, -0.15) is 13.2 Å². The van der Waals surface area contributed by atoms with Crippen LogP contribution in [0.5, 0.6) is 0 Å². The second-order valence-electron chi connectivity index (χ2n) is 7.61. The third kappa shape index (κ3) is 5.70. The number of rotatable bonds is 6. The van der Waals surface area contributed by atoms with Crippen LogP contribution in [-0.2, 0) is 11.2 Å². The number of thiophene rings is 1. The molecular formula is C19H26F3NO3S. The van der Waals surface area contributed by atoms with Gasteiger partial charge in [-0.15, -0.1) is 11.3 Å². The molecule has 0 radical (unpaired) electrons. The number of nitrogens with zero attached hydrogens (tertiary/aromatic N) is 1. The number of amides is 1. The van der Waals surface area contributed by atoms with Gasteiger partial charge >= 0.3 is 12.1 Å². The summed E-state index contributed by atoms with van der Waals surface area (Å²) in [5.74, 6) is -0.932. The fraction of sp³-hybridized carbons (Fsp3) is 0.684. The Kier molecular flexibility index (Phi) is 6.94. The number of aryl methyl sites for hydroxylation is 1. The van der Waals surface area contributed by atoms with E-state index in [0.717, 1.165) is 37.0 Å². The molecule has 0 spiro atoms. The van der Waals surface area contributed by atoms with Crippen molar-refractivity contribution in [2.45, 2.75) is 71.5 Å². The summed E-state index contributed by atoms with van der Waals surface area (Å²) in [5, 5.41) is 9.51. The van der Waals surface area contributed by atoms with Gasteiger partial charge < -0.3 is 10.0 Å². The van der Waals surface area contributed by atoms with E-state index in [4.69, 9.17) is 0 Å². The SMILES string of the molecule is CC1CCC(C(=O)N(c2cc(CCC(F)(F)F)sc2C(=O)O)C(C)C)CC1. The van der Waals surface area contributed by atoms with Crippen LogP contribution in [0.15, 0.2) is 6.07 Å². The summed E-state index contributed by atoms with van der Waals surface area (Å²) in [5.41, 5.74) is 0.225. The molecule has 8 heteroatoms. The molecule has 1 fully saturated rings. The Morgan fingerprint density at radius 3 is 2.33 bits per heavy atom.